The van der Waals surface area contributed by atoms with Crippen molar-refractivity contribution in [2.45, 2.75) is 27.2 Å². The lowest BCUT2D eigenvalue weighted by Gasteiger charge is -2.00. The van der Waals surface area contributed by atoms with Gasteiger partial charge in [-0.2, -0.15) is 0 Å². The number of carbonyl (C=O) groups excluding carboxylic acids is 1. The third-order valence-corrected chi connectivity index (χ3v) is 2.43. The lowest BCUT2D eigenvalue weighted by atomic mass is 10.1. The van der Waals surface area contributed by atoms with Gasteiger partial charge in [0.05, 0.1) is 6.61 Å². The predicted octanol–water partition coefficient (Wildman–Crippen LogP) is 1.76. The van der Waals surface area contributed by atoms with Gasteiger partial charge < -0.3 is 14.8 Å². The highest BCUT2D eigenvalue weighted by atomic mass is 16.5. The minimum Gasteiger partial charge on any atom is -0.477 e. The van der Waals surface area contributed by atoms with Gasteiger partial charge in [-0.05, 0) is 31.4 Å². The first kappa shape index (κ1) is 12.3. The molecule has 0 bridgehead atoms. The number of aromatic nitrogens is 1. The lowest BCUT2D eigenvalue weighted by Crippen LogP contribution is -2.07. The summed E-state index contributed by atoms with van der Waals surface area (Å²) in [6.07, 6.45) is 0.559. The smallest absolute Gasteiger partial charge is 0.355 e. The standard InChI is InChI=1S/C11H15NO4/c1-4-7-6(3)8(11(15)16-5-2)12-9(7)10(13)14/h12H,4-5H2,1-3H3,(H,13,14). The molecule has 0 atom stereocenters. The van der Waals surface area contributed by atoms with E-state index in [1.807, 2.05) is 6.92 Å². The Labute approximate surface area is 93.4 Å². The Morgan fingerprint density at radius 3 is 2.31 bits per heavy atom. The largest absolute Gasteiger partial charge is 0.477 e. The fourth-order valence-electron chi connectivity index (χ4n) is 1.66. The van der Waals surface area contributed by atoms with Crippen LogP contribution in [0.25, 0.3) is 0 Å². The van der Waals surface area contributed by atoms with Crippen LogP contribution in [0.1, 0.15) is 46.0 Å². The molecule has 0 amide bonds. The van der Waals surface area contributed by atoms with Crippen LogP contribution in [0.4, 0.5) is 0 Å². The van der Waals surface area contributed by atoms with Crippen molar-refractivity contribution in [1.82, 2.24) is 4.98 Å². The number of aromatic carboxylic acids is 1. The topological polar surface area (TPSA) is 79.4 Å². The first-order chi connectivity index (χ1) is 7.52. The van der Waals surface area contributed by atoms with Crippen LogP contribution in [-0.4, -0.2) is 28.6 Å². The number of aromatic amines is 1. The van der Waals surface area contributed by atoms with Crippen molar-refractivity contribution in [3.63, 3.8) is 0 Å². The van der Waals surface area contributed by atoms with Crippen LogP contribution in [0.5, 0.6) is 0 Å². The van der Waals surface area contributed by atoms with Gasteiger partial charge in [0, 0.05) is 0 Å². The SMILES string of the molecule is CCOC(=O)c1[nH]c(C(=O)O)c(CC)c1C. The maximum absolute atomic E-state index is 11.5. The lowest BCUT2D eigenvalue weighted by molar-refractivity contribution is 0.0519. The van der Waals surface area contributed by atoms with Gasteiger partial charge in [0.1, 0.15) is 11.4 Å². The van der Waals surface area contributed by atoms with E-state index in [0.29, 0.717) is 17.5 Å². The second-order valence-electron chi connectivity index (χ2n) is 3.36. The van der Waals surface area contributed by atoms with Gasteiger partial charge in [0.2, 0.25) is 0 Å². The minimum absolute atomic E-state index is 0.0723. The molecule has 0 aromatic carbocycles. The number of hydrogen-bond acceptors (Lipinski definition) is 3. The number of hydrogen-bond donors (Lipinski definition) is 2. The summed E-state index contributed by atoms with van der Waals surface area (Å²) in [4.78, 5) is 25.1. The number of ether oxygens (including phenoxy) is 1. The van der Waals surface area contributed by atoms with Gasteiger partial charge in [-0.1, -0.05) is 6.92 Å². The van der Waals surface area contributed by atoms with E-state index in [4.69, 9.17) is 9.84 Å². The normalized spacial score (nSPS) is 10.2. The summed E-state index contributed by atoms with van der Waals surface area (Å²) in [7, 11) is 0. The second-order valence-corrected chi connectivity index (χ2v) is 3.36. The van der Waals surface area contributed by atoms with Crippen molar-refractivity contribution < 1.29 is 19.4 Å². The van der Waals surface area contributed by atoms with Crippen LogP contribution in [0.3, 0.4) is 0 Å². The molecule has 1 aromatic rings. The van der Waals surface area contributed by atoms with Crippen molar-refractivity contribution in [2.24, 2.45) is 0 Å². The van der Waals surface area contributed by atoms with Crippen LogP contribution in [0, 0.1) is 6.92 Å². The fourth-order valence-corrected chi connectivity index (χ4v) is 1.66. The molecule has 0 spiro atoms. The van der Waals surface area contributed by atoms with Crippen LogP contribution < -0.4 is 0 Å². The Bertz CT molecular complexity index is 420. The van der Waals surface area contributed by atoms with Crippen molar-refractivity contribution in [2.75, 3.05) is 6.61 Å². The Morgan fingerprint density at radius 2 is 1.94 bits per heavy atom. The monoisotopic (exact) mass is 225 g/mol. The maximum Gasteiger partial charge on any atom is 0.355 e. The third kappa shape index (κ3) is 2.08. The molecule has 88 valence electrons. The van der Waals surface area contributed by atoms with E-state index in [9.17, 15) is 9.59 Å². The van der Waals surface area contributed by atoms with E-state index in [2.05, 4.69) is 4.98 Å². The molecule has 0 aliphatic carbocycles. The van der Waals surface area contributed by atoms with Gasteiger partial charge in [0.25, 0.3) is 0 Å². The highest BCUT2D eigenvalue weighted by Gasteiger charge is 2.22. The molecule has 1 rings (SSSR count). The molecule has 16 heavy (non-hydrogen) atoms. The zero-order valence-corrected chi connectivity index (χ0v) is 9.59. The number of carboxylic acids is 1. The summed E-state index contributed by atoms with van der Waals surface area (Å²) in [5.41, 5.74) is 1.60. The first-order valence-corrected chi connectivity index (χ1v) is 5.14. The van der Waals surface area contributed by atoms with Crippen LogP contribution >= 0.6 is 0 Å². The molecular weight excluding hydrogens is 210 g/mol. The van der Waals surface area contributed by atoms with E-state index >= 15 is 0 Å². The highest BCUT2D eigenvalue weighted by molar-refractivity contribution is 5.95. The van der Waals surface area contributed by atoms with E-state index in [0.717, 1.165) is 0 Å². The molecular formula is C11H15NO4. The fraction of sp³-hybridized carbons (Fsp3) is 0.455. The minimum atomic E-state index is -1.06. The van der Waals surface area contributed by atoms with Crippen molar-refractivity contribution >= 4 is 11.9 Å². The van der Waals surface area contributed by atoms with Gasteiger partial charge >= 0.3 is 11.9 Å². The Kier molecular flexibility index (Phi) is 3.71. The third-order valence-electron chi connectivity index (χ3n) is 2.43. The summed E-state index contributed by atoms with van der Waals surface area (Å²) in [6.45, 7) is 5.53. The molecule has 0 saturated carbocycles. The van der Waals surface area contributed by atoms with Crippen molar-refractivity contribution in [3.8, 4) is 0 Å². The molecule has 1 aromatic heterocycles. The van der Waals surface area contributed by atoms with Crippen LogP contribution in [0.15, 0.2) is 0 Å². The summed E-state index contributed by atoms with van der Waals surface area (Å²) in [6, 6.07) is 0. The Morgan fingerprint density at radius 1 is 1.31 bits per heavy atom. The number of carboxylic acid groups (broad SMARTS) is 1. The zero-order chi connectivity index (χ0) is 12.3. The molecule has 5 heteroatoms. The summed E-state index contributed by atoms with van der Waals surface area (Å²) < 4.78 is 4.84. The molecule has 0 fully saturated rings. The molecule has 0 aliphatic heterocycles. The molecule has 0 aliphatic rings. The van der Waals surface area contributed by atoms with Crippen molar-refractivity contribution in [1.29, 1.82) is 0 Å². The first-order valence-electron chi connectivity index (χ1n) is 5.14. The molecule has 5 nitrogen and oxygen atoms in total. The molecule has 0 saturated heterocycles. The summed E-state index contributed by atoms with van der Waals surface area (Å²) in [5, 5.41) is 8.96. The molecule has 1 heterocycles. The second kappa shape index (κ2) is 4.83. The average Bonchev–Trinajstić information content (AvgIpc) is 2.55. The maximum atomic E-state index is 11.5. The van der Waals surface area contributed by atoms with Crippen LogP contribution in [0.2, 0.25) is 0 Å². The van der Waals surface area contributed by atoms with Gasteiger partial charge in [-0.15, -0.1) is 0 Å². The number of H-pyrrole nitrogens is 1. The van der Waals surface area contributed by atoms with Crippen LogP contribution in [-0.2, 0) is 11.2 Å². The Hall–Kier alpha value is -1.78. The number of rotatable bonds is 4. The summed E-state index contributed by atoms with van der Waals surface area (Å²) in [5.74, 6) is -1.57. The van der Waals surface area contributed by atoms with E-state index in [1.165, 1.54) is 0 Å². The van der Waals surface area contributed by atoms with Gasteiger partial charge in [-0.25, -0.2) is 9.59 Å². The summed E-state index contributed by atoms with van der Waals surface area (Å²) >= 11 is 0. The zero-order valence-electron chi connectivity index (χ0n) is 9.59. The molecule has 0 unspecified atom stereocenters. The molecule has 2 N–H and O–H groups in total. The molecule has 0 radical (unpaired) electrons. The van der Waals surface area contributed by atoms with Gasteiger partial charge in [0.15, 0.2) is 0 Å². The quantitative estimate of drug-likeness (QED) is 0.765. The van der Waals surface area contributed by atoms with Gasteiger partial charge in [-0.3, -0.25) is 0 Å². The highest BCUT2D eigenvalue weighted by Crippen LogP contribution is 2.19. The number of esters is 1. The number of nitrogens with one attached hydrogen (secondary N) is 1. The van der Waals surface area contributed by atoms with Crippen molar-refractivity contribution in [3.05, 3.63) is 22.5 Å². The Balaban J connectivity index is 3.22. The number of carbonyl (C=O) groups is 2. The van der Waals surface area contributed by atoms with E-state index in [1.54, 1.807) is 13.8 Å². The predicted molar refractivity (Wildman–Crippen MR) is 57.8 cm³/mol. The average molecular weight is 225 g/mol. The van der Waals surface area contributed by atoms with E-state index < -0.39 is 11.9 Å². The van der Waals surface area contributed by atoms with E-state index in [-0.39, 0.29) is 18.0 Å².